The van der Waals surface area contributed by atoms with Gasteiger partial charge in [-0.25, -0.2) is 15.4 Å². The van der Waals surface area contributed by atoms with Gasteiger partial charge in [0.15, 0.2) is 0 Å². The maximum Gasteiger partial charge on any atom is 0.278 e. The summed E-state index contributed by atoms with van der Waals surface area (Å²) >= 11 is 0. The molecule has 0 radical (unpaired) electrons. The van der Waals surface area contributed by atoms with Crippen LogP contribution in [0.4, 0.5) is 23.0 Å². The zero-order valence-electron chi connectivity index (χ0n) is 20.0. The van der Waals surface area contributed by atoms with Crippen LogP contribution in [0.1, 0.15) is 23.0 Å². The highest BCUT2D eigenvalue weighted by molar-refractivity contribution is 6.00. The minimum absolute atomic E-state index is 0.305. The fraction of sp³-hybridized carbons (Fsp3) is 0.200. The van der Waals surface area contributed by atoms with Crippen molar-refractivity contribution in [3.05, 3.63) is 72.2 Å². The Morgan fingerprint density at radius 3 is 2.63 bits per heavy atom. The number of carbonyl (C=O) groups is 1. The number of carbonyl (C=O) groups excluding carboxylic acids is 1. The van der Waals surface area contributed by atoms with Crippen molar-refractivity contribution < 1.29 is 14.4 Å². The highest BCUT2D eigenvalue weighted by Crippen LogP contribution is 2.34. The maximum atomic E-state index is 12.7. The van der Waals surface area contributed by atoms with E-state index in [0.29, 0.717) is 40.9 Å². The lowest BCUT2D eigenvalue weighted by atomic mass is 10.1. The van der Waals surface area contributed by atoms with Gasteiger partial charge in [-0.3, -0.25) is 14.3 Å². The Hall–Kier alpha value is -4.44. The van der Waals surface area contributed by atoms with Gasteiger partial charge in [0.2, 0.25) is 0 Å². The molecule has 10 heteroatoms. The molecule has 10 nitrogen and oxygen atoms in total. The molecule has 180 valence electrons. The monoisotopic (exact) mass is 473 g/mol. The summed E-state index contributed by atoms with van der Waals surface area (Å²) in [5.74, 6) is 1.34. The van der Waals surface area contributed by atoms with E-state index < -0.39 is 5.91 Å². The lowest BCUT2D eigenvalue weighted by Crippen LogP contribution is -2.24. The average Bonchev–Trinajstić information content (AvgIpc) is 3.28. The number of aromatic nitrogens is 4. The molecule has 1 amide bonds. The van der Waals surface area contributed by atoms with Crippen LogP contribution in [0.5, 0.6) is 5.75 Å². The molecule has 0 spiro atoms. The van der Waals surface area contributed by atoms with E-state index in [0.717, 1.165) is 17.0 Å². The number of rotatable bonds is 9. The number of anilines is 4. The number of ether oxygens (including phenoxy) is 1. The second-order valence-corrected chi connectivity index (χ2v) is 7.65. The van der Waals surface area contributed by atoms with Crippen LogP contribution in [0.2, 0.25) is 0 Å². The van der Waals surface area contributed by atoms with Gasteiger partial charge in [0, 0.05) is 36.8 Å². The van der Waals surface area contributed by atoms with Gasteiger partial charge in [-0.2, -0.15) is 5.10 Å². The van der Waals surface area contributed by atoms with E-state index in [1.54, 1.807) is 31.0 Å². The van der Waals surface area contributed by atoms with E-state index in [2.05, 4.69) is 31.2 Å². The number of amides is 1. The summed E-state index contributed by atoms with van der Waals surface area (Å²) in [5.41, 5.74) is 6.69. The summed E-state index contributed by atoms with van der Waals surface area (Å²) in [5, 5.41) is 10.7. The number of aryl methyl sites for hydroxylation is 2. The minimum atomic E-state index is -0.424. The summed E-state index contributed by atoms with van der Waals surface area (Å²) in [6.07, 6.45) is 3.22. The van der Waals surface area contributed by atoms with Crippen LogP contribution in [0.3, 0.4) is 0 Å². The summed E-state index contributed by atoms with van der Waals surface area (Å²) < 4.78 is 7.43. The van der Waals surface area contributed by atoms with Crippen molar-refractivity contribution >= 4 is 28.9 Å². The number of pyridine rings is 2. The molecule has 3 aromatic heterocycles. The SMILES string of the molecule is CCONC(=O)c1cnc(Nc2cccc(C)n2)cc1Nc1ccc(-c2ccnn2C)cc1OC. The fourth-order valence-corrected chi connectivity index (χ4v) is 3.50. The van der Waals surface area contributed by atoms with Gasteiger partial charge in [0.25, 0.3) is 5.91 Å². The van der Waals surface area contributed by atoms with Gasteiger partial charge in [-0.15, -0.1) is 0 Å². The highest BCUT2D eigenvalue weighted by atomic mass is 16.6. The Kier molecular flexibility index (Phi) is 7.22. The van der Waals surface area contributed by atoms with Crippen molar-refractivity contribution in [2.75, 3.05) is 24.4 Å². The van der Waals surface area contributed by atoms with E-state index in [-0.39, 0.29) is 0 Å². The molecule has 0 aliphatic rings. The first-order valence-electron chi connectivity index (χ1n) is 11.0. The molecule has 4 aromatic rings. The third-order valence-electron chi connectivity index (χ3n) is 5.19. The number of benzene rings is 1. The second kappa shape index (κ2) is 10.7. The summed E-state index contributed by atoms with van der Waals surface area (Å²) in [7, 11) is 3.48. The van der Waals surface area contributed by atoms with Gasteiger partial charge in [-0.05, 0) is 44.2 Å². The molecule has 1 aromatic carbocycles. The van der Waals surface area contributed by atoms with Gasteiger partial charge in [0.1, 0.15) is 17.4 Å². The predicted octanol–water partition coefficient (Wildman–Crippen LogP) is 4.36. The Bertz CT molecular complexity index is 1340. The van der Waals surface area contributed by atoms with Gasteiger partial charge in [0.05, 0.1) is 36.3 Å². The van der Waals surface area contributed by atoms with Crippen molar-refractivity contribution in [1.82, 2.24) is 25.2 Å². The molecule has 0 unspecified atom stereocenters. The number of nitrogens with one attached hydrogen (secondary N) is 3. The van der Waals surface area contributed by atoms with E-state index in [9.17, 15) is 4.79 Å². The first-order valence-corrected chi connectivity index (χ1v) is 11.0. The standard InChI is InChI=1S/C25H27N7O3/c1-5-35-31-25(33)18-15-26-24(30-23-8-6-7-16(2)28-23)14-20(18)29-19-10-9-17(13-22(19)34-4)21-11-12-27-32(21)3/h6-15H,5H2,1-4H3,(H,31,33)(H2,26,28,29,30). The third kappa shape index (κ3) is 5.56. The number of hydrogen-bond acceptors (Lipinski definition) is 8. The molecule has 0 saturated heterocycles. The topological polar surface area (TPSA) is 115 Å². The number of hydrogen-bond donors (Lipinski definition) is 3. The molecule has 4 rings (SSSR count). The lowest BCUT2D eigenvalue weighted by molar-refractivity contribution is 0.0365. The largest absolute Gasteiger partial charge is 0.495 e. The van der Waals surface area contributed by atoms with Crippen LogP contribution in [0, 0.1) is 6.92 Å². The highest BCUT2D eigenvalue weighted by Gasteiger charge is 2.16. The molecule has 0 aliphatic heterocycles. The summed E-state index contributed by atoms with van der Waals surface area (Å²) in [6, 6.07) is 15.1. The molecule has 0 aliphatic carbocycles. The molecular weight excluding hydrogens is 446 g/mol. The summed E-state index contributed by atoms with van der Waals surface area (Å²) in [4.78, 5) is 26.7. The Balaban J connectivity index is 1.69. The molecule has 3 N–H and O–H groups in total. The molecule has 0 fully saturated rings. The fourth-order valence-electron chi connectivity index (χ4n) is 3.50. The lowest BCUT2D eigenvalue weighted by Gasteiger charge is -2.17. The predicted molar refractivity (Wildman–Crippen MR) is 134 cm³/mol. The number of nitrogens with zero attached hydrogens (tertiary/aromatic N) is 4. The van der Waals surface area contributed by atoms with Crippen LogP contribution in [0.25, 0.3) is 11.3 Å². The van der Waals surface area contributed by atoms with Crippen LogP contribution in [0.15, 0.2) is 60.9 Å². The molecular formula is C25H27N7O3. The third-order valence-corrected chi connectivity index (χ3v) is 5.19. The first-order chi connectivity index (χ1) is 17.0. The van der Waals surface area contributed by atoms with E-state index in [4.69, 9.17) is 9.57 Å². The normalized spacial score (nSPS) is 10.6. The molecule has 35 heavy (non-hydrogen) atoms. The number of methoxy groups -OCH3 is 1. The van der Waals surface area contributed by atoms with Gasteiger partial charge >= 0.3 is 0 Å². The average molecular weight is 474 g/mol. The Morgan fingerprint density at radius 1 is 1.06 bits per heavy atom. The van der Waals surface area contributed by atoms with Crippen molar-refractivity contribution in [3.63, 3.8) is 0 Å². The van der Waals surface area contributed by atoms with Crippen LogP contribution < -0.4 is 20.9 Å². The van der Waals surface area contributed by atoms with Crippen molar-refractivity contribution in [1.29, 1.82) is 0 Å². The van der Waals surface area contributed by atoms with Crippen molar-refractivity contribution in [3.8, 4) is 17.0 Å². The minimum Gasteiger partial charge on any atom is -0.495 e. The Labute approximate surface area is 203 Å². The second-order valence-electron chi connectivity index (χ2n) is 7.65. The van der Waals surface area contributed by atoms with Crippen LogP contribution >= 0.6 is 0 Å². The van der Waals surface area contributed by atoms with E-state index in [1.807, 2.05) is 56.4 Å². The number of hydroxylamine groups is 1. The molecule has 0 bridgehead atoms. The van der Waals surface area contributed by atoms with Crippen LogP contribution in [-0.4, -0.2) is 39.4 Å². The first kappa shape index (κ1) is 23.7. The molecule has 0 atom stereocenters. The molecule has 0 saturated carbocycles. The zero-order chi connectivity index (χ0) is 24.8. The maximum absolute atomic E-state index is 12.7. The van der Waals surface area contributed by atoms with Gasteiger partial charge in [-0.1, -0.05) is 12.1 Å². The smallest absolute Gasteiger partial charge is 0.278 e. The molecule has 3 heterocycles. The Morgan fingerprint density at radius 2 is 1.91 bits per heavy atom. The van der Waals surface area contributed by atoms with Crippen molar-refractivity contribution in [2.45, 2.75) is 13.8 Å². The van der Waals surface area contributed by atoms with Crippen LogP contribution in [-0.2, 0) is 11.9 Å². The quantitative estimate of drug-likeness (QED) is 0.307. The van der Waals surface area contributed by atoms with Crippen molar-refractivity contribution in [2.24, 2.45) is 7.05 Å². The van der Waals surface area contributed by atoms with E-state index in [1.165, 1.54) is 6.20 Å². The summed E-state index contributed by atoms with van der Waals surface area (Å²) in [6.45, 7) is 4.03. The van der Waals surface area contributed by atoms with E-state index >= 15 is 0 Å². The zero-order valence-corrected chi connectivity index (χ0v) is 20.0. The van der Waals surface area contributed by atoms with Gasteiger partial charge < -0.3 is 15.4 Å².